The lowest BCUT2D eigenvalue weighted by molar-refractivity contribution is 0.184. The van der Waals surface area contributed by atoms with Gasteiger partial charge in [0.25, 0.3) is 0 Å². The predicted octanol–water partition coefficient (Wildman–Crippen LogP) is 3.80. The summed E-state index contributed by atoms with van der Waals surface area (Å²) in [4.78, 5) is 13.6. The van der Waals surface area contributed by atoms with Gasteiger partial charge in [-0.15, -0.1) is 5.10 Å². The molecule has 1 saturated heterocycles. The Hall–Kier alpha value is -3.99. The molecule has 1 unspecified atom stereocenters. The lowest BCUT2D eigenvalue weighted by atomic mass is 10.1. The Morgan fingerprint density at radius 2 is 1.89 bits per heavy atom. The number of aryl methyl sites for hydroxylation is 1. The molecule has 36 heavy (non-hydrogen) atoms. The molecule has 2 N–H and O–H groups in total. The molecule has 0 bridgehead atoms. The number of aromatic nitrogens is 5. The van der Waals surface area contributed by atoms with Crippen molar-refractivity contribution in [2.45, 2.75) is 25.9 Å². The third kappa shape index (κ3) is 3.95. The average Bonchev–Trinajstić information content (AvgIpc) is 3.62. The number of hydrogen-bond acceptors (Lipinski definition) is 7. The Bertz CT molecular complexity index is 1520. The molecule has 1 aromatic carbocycles. The molecule has 6 rings (SSSR count). The summed E-state index contributed by atoms with van der Waals surface area (Å²) in [5.74, 6) is 0.226. The van der Waals surface area contributed by atoms with Crippen molar-refractivity contribution in [2.75, 3.05) is 36.8 Å². The van der Waals surface area contributed by atoms with Crippen molar-refractivity contribution in [1.82, 2.24) is 29.0 Å². The Labute approximate surface area is 205 Å². The molecule has 0 spiro atoms. The zero-order chi connectivity index (χ0) is 24.8. The van der Waals surface area contributed by atoms with E-state index in [-0.39, 0.29) is 5.95 Å². The van der Waals surface area contributed by atoms with Crippen molar-refractivity contribution in [1.29, 1.82) is 0 Å². The second-order valence-electron chi connectivity index (χ2n) is 9.12. The summed E-state index contributed by atoms with van der Waals surface area (Å²) in [6.07, 6.45) is 4.49. The second kappa shape index (κ2) is 8.90. The standard InChI is InChI=1S/C25H26F2N8O/c1-16(32-10-12-33(13-11-32)20-5-4-17(26)15-19(20)27)6-8-34-9-7-18-23(34)30-25(28)35-24(18)29-22(31-35)21-3-2-14-36-21/h2-5,7,9,14-16H,6,8,10-13H2,1H3,(H2,28,30). The van der Waals surface area contributed by atoms with Crippen LogP contribution in [0.3, 0.4) is 0 Å². The van der Waals surface area contributed by atoms with Gasteiger partial charge in [0.05, 0.1) is 17.3 Å². The first-order valence-corrected chi connectivity index (χ1v) is 12.0. The fourth-order valence-corrected chi connectivity index (χ4v) is 4.91. The largest absolute Gasteiger partial charge is 0.461 e. The number of rotatable bonds is 6. The summed E-state index contributed by atoms with van der Waals surface area (Å²) in [6, 6.07) is 9.66. The first-order chi connectivity index (χ1) is 17.5. The van der Waals surface area contributed by atoms with Crippen LogP contribution in [0.5, 0.6) is 0 Å². The smallest absolute Gasteiger partial charge is 0.225 e. The van der Waals surface area contributed by atoms with E-state index < -0.39 is 11.6 Å². The van der Waals surface area contributed by atoms with Crippen LogP contribution < -0.4 is 10.6 Å². The van der Waals surface area contributed by atoms with Crippen LogP contribution in [0.4, 0.5) is 20.4 Å². The first kappa shape index (κ1) is 22.5. The predicted molar refractivity (Wildman–Crippen MR) is 133 cm³/mol. The second-order valence-corrected chi connectivity index (χ2v) is 9.12. The first-order valence-electron chi connectivity index (χ1n) is 12.0. The third-order valence-corrected chi connectivity index (χ3v) is 6.94. The van der Waals surface area contributed by atoms with Crippen LogP contribution in [0, 0.1) is 11.6 Å². The molecule has 0 saturated carbocycles. The van der Waals surface area contributed by atoms with Gasteiger partial charge in [-0.2, -0.15) is 9.50 Å². The monoisotopic (exact) mass is 492 g/mol. The van der Waals surface area contributed by atoms with Gasteiger partial charge in [-0.3, -0.25) is 4.90 Å². The fourth-order valence-electron chi connectivity index (χ4n) is 4.91. The van der Waals surface area contributed by atoms with Crippen LogP contribution in [0.1, 0.15) is 13.3 Å². The molecule has 186 valence electrons. The highest BCUT2D eigenvalue weighted by atomic mass is 19.1. The normalized spacial score (nSPS) is 15.8. The number of anilines is 2. The van der Waals surface area contributed by atoms with E-state index in [1.54, 1.807) is 18.4 Å². The molecule has 0 aliphatic carbocycles. The van der Waals surface area contributed by atoms with E-state index in [0.29, 0.717) is 42.1 Å². The molecule has 1 aliphatic rings. The summed E-state index contributed by atoms with van der Waals surface area (Å²) in [7, 11) is 0. The zero-order valence-electron chi connectivity index (χ0n) is 19.8. The van der Waals surface area contributed by atoms with Crippen molar-refractivity contribution in [3.8, 4) is 11.6 Å². The summed E-state index contributed by atoms with van der Waals surface area (Å²) >= 11 is 0. The maximum Gasteiger partial charge on any atom is 0.225 e. The number of piperazine rings is 1. The minimum Gasteiger partial charge on any atom is -0.461 e. The molecule has 5 heterocycles. The number of nitrogen functional groups attached to an aromatic ring is 1. The number of fused-ring (bicyclic) bond motifs is 3. The summed E-state index contributed by atoms with van der Waals surface area (Å²) in [5, 5.41) is 5.32. The molecule has 0 radical (unpaired) electrons. The molecule has 4 aromatic heterocycles. The van der Waals surface area contributed by atoms with Crippen LogP contribution in [0.2, 0.25) is 0 Å². The number of halogens is 2. The molecule has 11 heteroatoms. The van der Waals surface area contributed by atoms with Crippen molar-refractivity contribution in [3.05, 3.63) is 60.5 Å². The number of nitrogens with zero attached hydrogens (tertiary/aromatic N) is 7. The third-order valence-electron chi connectivity index (χ3n) is 6.94. The van der Waals surface area contributed by atoms with E-state index in [4.69, 9.17) is 10.2 Å². The minimum absolute atomic E-state index is 0.264. The highest BCUT2D eigenvalue weighted by Gasteiger charge is 2.23. The van der Waals surface area contributed by atoms with Crippen molar-refractivity contribution in [3.63, 3.8) is 0 Å². The van der Waals surface area contributed by atoms with E-state index in [9.17, 15) is 8.78 Å². The molecule has 0 amide bonds. The van der Waals surface area contributed by atoms with Crippen molar-refractivity contribution >= 4 is 28.3 Å². The Balaban J connectivity index is 1.14. The maximum atomic E-state index is 14.2. The Morgan fingerprint density at radius 1 is 1.06 bits per heavy atom. The van der Waals surface area contributed by atoms with E-state index >= 15 is 0 Å². The molecule has 5 aromatic rings. The van der Waals surface area contributed by atoms with Crippen LogP contribution in [-0.4, -0.2) is 61.3 Å². The number of hydrogen-bond donors (Lipinski definition) is 1. The van der Waals surface area contributed by atoms with Crippen molar-refractivity contribution in [2.24, 2.45) is 0 Å². The van der Waals surface area contributed by atoms with Gasteiger partial charge in [0.1, 0.15) is 17.3 Å². The van der Waals surface area contributed by atoms with Gasteiger partial charge in [-0.1, -0.05) is 0 Å². The SMILES string of the molecule is CC(CCn1ccc2c1nc(N)n1nc(-c3ccco3)nc21)N1CCN(c2ccc(F)cc2F)CC1. The van der Waals surface area contributed by atoms with Gasteiger partial charge in [-0.05, 0) is 43.7 Å². The van der Waals surface area contributed by atoms with Crippen molar-refractivity contribution < 1.29 is 13.2 Å². The summed E-state index contributed by atoms with van der Waals surface area (Å²) in [6.45, 7) is 5.98. The van der Waals surface area contributed by atoms with E-state index in [1.807, 2.05) is 17.2 Å². The highest BCUT2D eigenvalue weighted by molar-refractivity contribution is 5.91. The van der Waals surface area contributed by atoms with E-state index in [0.717, 1.165) is 43.2 Å². The quantitative estimate of drug-likeness (QED) is 0.385. The highest BCUT2D eigenvalue weighted by Crippen LogP contribution is 2.26. The molecule has 1 fully saturated rings. The van der Waals surface area contributed by atoms with Crippen LogP contribution >= 0.6 is 0 Å². The molecule has 1 aliphatic heterocycles. The minimum atomic E-state index is -0.556. The number of benzene rings is 1. The molecular formula is C25H26F2N8O. The van der Waals surface area contributed by atoms with E-state index in [2.05, 4.69) is 31.5 Å². The van der Waals surface area contributed by atoms with E-state index in [1.165, 1.54) is 16.6 Å². The molecule has 1 atom stereocenters. The van der Waals surface area contributed by atoms with Gasteiger partial charge >= 0.3 is 0 Å². The van der Waals surface area contributed by atoms with Crippen LogP contribution in [0.25, 0.3) is 28.3 Å². The lowest BCUT2D eigenvalue weighted by Gasteiger charge is -2.39. The zero-order valence-corrected chi connectivity index (χ0v) is 19.8. The number of furan rings is 1. The molecular weight excluding hydrogens is 466 g/mol. The van der Waals surface area contributed by atoms with Gasteiger partial charge in [0, 0.05) is 51.0 Å². The van der Waals surface area contributed by atoms with Gasteiger partial charge in [0.2, 0.25) is 11.8 Å². The van der Waals surface area contributed by atoms with Crippen LogP contribution in [0.15, 0.2) is 53.3 Å². The fraction of sp³-hybridized carbons (Fsp3) is 0.320. The van der Waals surface area contributed by atoms with Gasteiger partial charge < -0.3 is 19.6 Å². The average molecular weight is 493 g/mol. The topological polar surface area (TPSA) is 93.6 Å². The Kier molecular flexibility index (Phi) is 5.56. The maximum absolute atomic E-state index is 14.2. The number of nitrogens with two attached hydrogens (primary N) is 1. The molecule has 9 nitrogen and oxygen atoms in total. The lowest BCUT2D eigenvalue weighted by Crippen LogP contribution is -2.50. The van der Waals surface area contributed by atoms with Crippen LogP contribution in [-0.2, 0) is 6.54 Å². The summed E-state index contributed by atoms with van der Waals surface area (Å²) < 4.78 is 36.5. The van der Waals surface area contributed by atoms with Gasteiger partial charge in [0.15, 0.2) is 11.4 Å². The van der Waals surface area contributed by atoms with Gasteiger partial charge in [-0.25, -0.2) is 13.8 Å². The Morgan fingerprint density at radius 3 is 2.64 bits per heavy atom. The summed E-state index contributed by atoms with van der Waals surface area (Å²) in [5.41, 5.74) is 8.08.